The number of nitrogens with zero attached hydrogens (tertiary/aromatic N) is 2. The van der Waals surface area contributed by atoms with Crippen LogP contribution >= 0.6 is 0 Å². The summed E-state index contributed by atoms with van der Waals surface area (Å²) >= 11 is 0. The number of fused-ring (bicyclic) bond motifs is 2. The zero-order valence-electron chi connectivity index (χ0n) is 19.4. The quantitative estimate of drug-likeness (QED) is 0.678. The summed E-state index contributed by atoms with van der Waals surface area (Å²) in [6, 6.07) is 8.92. The van der Waals surface area contributed by atoms with Crippen molar-refractivity contribution in [3.63, 3.8) is 0 Å². The van der Waals surface area contributed by atoms with E-state index in [9.17, 15) is 13.2 Å². The molecular weight excluding hydrogens is 424 g/mol. The molecule has 0 unspecified atom stereocenters. The third-order valence-electron chi connectivity index (χ3n) is 8.13. The van der Waals surface area contributed by atoms with Crippen LogP contribution in [0, 0.1) is 11.8 Å². The largest absolute Gasteiger partial charge is 0.336 e. The average molecular weight is 463 g/mol. The Bertz CT molecular complexity index is 917. The molecule has 1 aliphatic carbocycles. The predicted molar refractivity (Wildman–Crippen MR) is 126 cm³/mol. The highest BCUT2D eigenvalue weighted by atomic mass is 32.2. The first kappa shape index (κ1) is 23.7. The minimum absolute atomic E-state index is 0.133. The number of rotatable bonds is 6. The van der Waals surface area contributed by atoms with Crippen molar-refractivity contribution in [2.75, 3.05) is 26.2 Å². The number of nitrogens with one attached hydrogen (secondary N) is 1. The molecule has 1 aromatic carbocycles. The monoisotopic (exact) mass is 462 g/mol. The molecule has 1 saturated heterocycles. The van der Waals surface area contributed by atoms with Gasteiger partial charge in [-0.1, -0.05) is 38.1 Å². The molecule has 7 nitrogen and oxygen atoms in total. The maximum atomic E-state index is 13.7. The van der Waals surface area contributed by atoms with Crippen molar-refractivity contribution in [2.45, 2.75) is 70.4 Å². The Morgan fingerprint density at radius 2 is 1.78 bits per heavy atom. The van der Waals surface area contributed by atoms with Crippen LogP contribution in [-0.2, 0) is 27.0 Å². The van der Waals surface area contributed by atoms with Crippen LogP contribution in [0.2, 0.25) is 0 Å². The number of hydrogen-bond donors (Lipinski definition) is 2. The second-order valence-corrected chi connectivity index (χ2v) is 11.6. The molecule has 0 atom stereocenters. The van der Waals surface area contributed by atoms with E-state index in [-0.39, 0.29) is 12.5 Å². The van der Waals surface area contributed by atoms with Gasteiger partial charge >= 0.3 is 0 Å². The Labute approximate surface area is 192 Å². The topological polar surface area (TPSA) is 95.7 Å². The molecule has 0 bridgehead atoms. The van der Waals surface area contributed by atoms with Gasteiger partial charge in [0.05, 0.1) is 5.41 Å². The highest BCUT2D eigenvalue weighted by molar-refractivity contribution is 7.87. The zero-order valence-corrected chi connectivity index (χ0v) is 20.2. The van der Waals surface area contributed by atoms with E-state index in [2.05, 4.69) is 35.6 Å². The molecule has 1 spiro atoms. The molecule has 3 N–H and O–H groups in total. The first-order chi connectivity index (χ1) is 15.2. The van der Waals surface area contributed by atoms with E-state index in [0.717, 1.165) is 37.8 Å². The van der Waals surface area contributed by atoms with Gasteiger partial charge in [-0.25, -0.2) is 9.86 Å². The summed E-state index contributed by atoms with van der Waals surface area (Å²) in [5, 5.41) is 5.06. The number of amides is 1. The van der Waals surface area contributed by atoms with Gasteiger partial charge in [-0.05, 0) is 74.6 Å². The number of carbonyl (C=O) groups is 1. The Hall–Kier alpha value is -1.48. The molecule has 0 radical (unpaired) electrons. The van der Waals surface area contributed by atoms with E-state index < -0.39 is 15.6 Å². The number of carbonyl (C=O) groups excluding carboxylic acids is 1. The maximum absolute atomic E-state index is 13.7. The summed E-state index contributed by atoms with van der Waals surface area (Å²) < 4.78 is 24.8. The molecule has 8 heteroatoms. The highest BCUT2D eigenvalue weighted by Crippen LogP contribution is 2.44. The Morgan fingerprint density at radius 1 is 1.12 bits per heavy atom. The molecule has 3 aliphatic rings. The van der Waals surface area contributed by atoms with Crippen molar-refractivity contribution >= 4 is 16.1 Å². The van der Waals surface area contributed by atoms with Gasteiger partial charge in [0.1, 0.15) is 0 Å². The first-order valence-corrected chi connectivity index (χ1v) is 13.6. The summed E-state index contributed by atoms with van der Waals surface area (Å²) in [5.74, 6) is 1.76. The number of hydrogen-bond acceptors (Lipinski definition) is 4. The summed E-state index contributed by atoms with van der Waals surface area (Å²) in [6.45, 7) is 7.55. The minimum atomic E-state index is -3.76. The molecule has 2 heterocycles. The molecule has 0 aromatic heterocycles. The van der Waals surface area contributed by atoms with E-state index in [1.807, 2.05) is 17.0 Å². The van der Waals surface area contributed by atoms with Crippen molar-refractivity contribution < 1.29 is 13.2 Å². The molecule has 32 heavy (non-hydrogen) atoms. The fourth-order valence-electron chi connectivity index (χ4n) is 6.21. The number of benzene rings is 1. The van der Waals surface area contributed by atoms with E-state index >= 15 is 0 Å². The number of likely N-dealkylation sites (tertiary alicyclic amines) is 1. The van der Waals surface area contributed by atoms with E-state index in [4.69, 9.17) is 5.14 Å². The predicted octanol–water partition coefficient (Wildman–Crippen LogP) is 2.37. The molecule has 1 amide bonds. The van der Waals surface area contributed by atoms with Crippen molar-refractivity contribution in [2.24, 2.45) is 17.0 Å². The second kappa shape index (κ2) is 9.41. The van der Waals surface area contributed by atoms with Crippen molar-refractivity contribution in [1.82, 2.24) is 14.5 Å². The van der Waals surface area contributed by atoms with Crippen molar-refractivity contribution in [3.8, 4) is 0 Å². The van der Waals surface area contributed by atoms with E-state index in [1.165, 1.54) is 36.8 Å². The fraction of sp³-hybridized carbons (Fsp3) is 0.708. The molecule has 178 valence electrons. The fourth-order valence-corrected chi connectivity index (χ4v) is 6.59. The van der Waals surface area contributed by atoms with Crippen molar-refractivity contribution in [1.29, 1.82) is 0 Å². The number of nitrogens with two attached hydrogens (primary N) is 1. The summed E-state index contributed by atoms with van der Waals surface area (Å²) in [7, 11) is -3.76. The summed E-state index contributed by atoms with van der Waals surface area (Å²) in [6.07, 6.45) is 6.82. The zero-order chi connectivity index (χ0) is 22.9. The van der Waals surface area contributed by atoms with Gasteiger partial charge in [-0.15, -0.1) is 0 Å². The molecule has 2 fully saturated rings. The Balaban J connectivity index is 1.46. The molecule has 1 saturated carbocycles. The summed E-state index contributed by atoms with van der Waals surface area (Å²) in [5.41, 5.74) is 1.85. The SMILES string of the molecule is CC(C)C1CCC(N2CCC3(CC2)C(=O)N(CCNS(N)(=O)=O)Cc2ccccc23)CC1. The Kier molecular flexibility index (Phi) is 6.96. The molecule has 1 aromatic rings. The smallest absolute Gasteiger partial charge is 0.274 e. The van der Waals surface area contributed by atoms with Gasteiger partial charge in [0.25, 0.3) is 10.2 Å². The highest BCUT2D eigenvalue weighted by Gasteiger charge is 2.49. The second-order valence-electron chi connectivity index (χ2n) is 10.3. The first-order valence-electron chi connectivity index (χ1n) is 12.1. The standard InChI is InChI=1S/C24H38N4O3S/c1-18(2)19-7-9-21(10-8-19)27-14-11-24(12-15-27)22-6-4-3-5-20(22)17-28(23(24)29)16-13-26-32(25,30)31/h3-6,18-19,21,26H,7-17H2,1-2H3,(H2,25,30,31). The normalized spacial score (nSPS) is 26.5. The van der Waals surface area contributed by atoms with Crippen LogP contribution in [0.4, 0.5) is 0 Å². The molecule has 4 rings (SSSR count). The lowest BCUT2D eigenvalue weighted by Crippen LogP contribution is -2.58. The van der Waals surface area contributed by atoms with Crippen LogP contribution in [0.15, 0.2) is 24.3 Å². The lowest BCUT2D eigenvalue weighted by molar-refractivity contribution is -0.142. The average Bonchev–Trinajstić information content (AvgIpc) is 2.77. The van der Waals surface area contributed by atoms with Crippen LogP contribution in [0.25, 0.3) is 0 Å². The van der Waals surface area contributed by atoms with Gasteiger partial charge in [-0.3, -0.25) is 4.79 Å². The third-order valence-corrected chi connectivity index (χ3v) is 8.73. The van der Waals surface area contributed by atoms with Crippen molar-refractivity contribution in [3.05, 3.63) is 35.4 Å². The van der Waals surface area contributed by atoms with Crippen LogP contribution in [0.5, 0.6) is 0 Å². The maximum Gasteiger partial charge on any atom is 0.274 e. The van der Waals surface area contributed by atoms with Gasteiger partial charge in [-0.2, -0.15) is 8.42 Å². The van der Waals surface area contributed by atoms with Gasteiger partial charge < -0.3 is 9.80 Å². The lowest BCUT2D eigenvalue weighted by Gasteiger charge is -2.49. The number of piperidine rings is 1. The molecular formula is C24H38N4O3S. The van der Waals surface area contributed by atoms with Crippen LogP contribution < -0.4 is 9.86 Å². The molecule has 2 aliphatic heterocycles. The van der Waals surface area contributed by atoms with E-state index in [0.29, 0.717) is 19.1 Å². The Morgan fingerprint density at radius 3 is 2.41 bits per heavy atom. The summed E-state index contributed by atoms with van der Waals surface area (Å²) in [4.78, 5) is 18.2. The van der Waals surface area contributed by atoms with Crippen LogP contribution in [0.1, 0.15) is 63.5 Å². The van der Waals surface area contributed by atoms with Gasteiger partial charge in [0, 0.05) is 25.7 Å². The van der Waals surface area contributed by atoms with Crippen LogP contribution in [0.3, 0.4) is 0 Å². The van der Waals surface area contributed by atoms with Gasteiger partial charge in [0.2, 0.25) is 5.91 Å². The van der Waals surface area contributed by atoms with Crippen LogP contribution in [-0.4, -0.2) is 56.3 Å². The van der Waals surface area contributed by atoms with E-state index in [1.54, 1.807) is 0 Å². The van der Waals surface area contributed by atoms with Gasteiger partial charge in [0.15, 0.2) is 0 Å². The lowest BCUT2D eigenvalue weighted by atomic mass is 9.67. The minimum Gasteiger partial charge on any atom is -0.336 e. The third kappa shape index (κ3) is 4.88.